The first kappa shape index (κ1) is 14.2. The second kappa shape index (κ2) is 6.29. The quantitative estimate of drug-likeness (QED) is 0.895. The lowest BCUT2D eigenvalue weighted by Gasteiger charge is -2.12. The fourth-order valence-corrected chi connectivity index (χ4v) is 2.20. The lowest BCUT2D eigenvalue weighted by atomic mass is 10.1. The molecule has 0 aliphatic heterocycles. The number of hydrogen-bond acceptors (Lipinski definition) is 2. The Kier molecular flexibility index (Phi) is 4.70. The molecule has 2 aromatic carbocycles. The number of hydrogen-bond donors (Lipinski definition) is 1. The van der Waals surface area contributed by atoms with Gasteiger partial charge in [-0.15, -0.1) is 0 Å². The molecule has 4 heteroatoms. The van der Waals surface area contributed by atoms with Crippen molar-refractivity contribution in [1.29, 1.82) is 0 Å². The zero-order valence-electron chi connectivity index (χ0n) is 10.6. The molecular weight excluding hydrogens is 281 g/mol. The summed E-state index contributed by atoms with van der Waals surface area (Å²) in [5.74, 6) is 1.38. The average Bonchev–Trinajstić information content (AvgIpc) is 2.37. The number of nitrogens with two attached hydrogens (primary N) is 1. The van der Waals surface area contributed by atoms with Crippen LogP contribution in [0, 0.1) is 6.92 Å². The van der Waals surface area contributed by atoms with Crippen LogP contribution in [0.25, 0.3) is 0 Å². The van der Waals surface area contributed by atoms with Gasteiger partial charge in [-0.25, -0.2) is 0 Å². The molecule has 0 aliphatic rings. The van der Waals surface area contributed by atoms with Crippen LogP contribution < -0.4 is 10.5 Å². The Morgan fingerprint density at radius 3 is 2.53 bits per heavy atom. The molecule has 19 heavy (non-hydrogen) atoms. The molecule has 2 rings (SSSR count). The molecule has 2 aromatic rings. The smallest absolute Gasteiger partial charge is 0.146 e. The van der Waals surface area contributed by atoms with Crippen molar-refractivity contribution in [3.63, 3.8) is 0 Å². The van der Waals surface area contributed by atoms with Crippen LogP contribution in [0.15, 0.2) is 36.4 Å². The maximum atomic E-state index is 6.10. The fourth-order valence-electron chi connectivity index (χ4n) is 1.75. The third-order valence-electron chi connectivity index (χ3n) is 2.80. The molecule has 100 valence electrons. The van der Waals surface area contributed by atoms with Crippen LogP contribution >= 0.6 is 23.2 Å². The molecule has 0 fully saturated rings. The van der Waals surface area contributed by atoms with E-state index < -0.39 is 0 Å². The van der Waals surface area contributed by atoms with Gasteiger partial charge in [0.25, 0.3) is 0 Å². The van der Waals surface area contributed by atoms with E-state index in [2.05, 4.69) is 6.07 Å². The summed E-state index contributed by atoms with van der Waals surface area (Å²) in [5.41, 5.74) is 7.76. The minimum absolute atomic E-state index is 0.496. The number of rotatable bonds is 4. The number of ether oxygens (including phenoxy) is 1. The van der Waals surface area contributed by atoms with Crippen molar-refractivity contribution in [3.8, 4) is 11.5 Å². The minimum atomic E-state index is 0.496. The first-order valence-electron chi connectivity index (χ1n) is 6.02. The van der Waals surface area contributed by atoms with Gasteiger partial charge in [-0.3, -0.25) is 0 Å². The van der Waals surface area contributed by atoms with E-state index in [1.165, 1.54) is 0 Å². The summed E-state index contributed by atoms with van der Waals surface area (Å²) in [4.78, 5) is 0. The standard InChI is InChI=1S/C15H15Cl2NO/c1-10-2-3-11(6-7-18)8-15(10)19-14-5-4-12(16)9-13(14)17/h2-5,8-9H,6-7,18H2,1H3. The maximum Gasteiger partial charge on any atom is 0.146 e. The van der Waals surface area contributed by atoms with Crippen molar-refractivity contribution in [2.24, 2.45) is 5.73 Å². The van der Waals surface area contributed by atoms with Gasteiger partial charge in [0.05, 0.1) is 5.02 Å². The Labute approximate surface area is 123 Å². The number of benzene rings is 2. The van der Waals surface area contributed by atoms with E-state index in [9.17, 15) is 0 Å². The van der Waals surface area contributed by atoms with Crippen molar-refractivity contribution >= 4 is 23.2 Å². The Morgan fingerprint density at radius 2 is 1.84 bits per heavy atom. The Balaban J connectivity index is 2.29. The highest BCUT2D eigenvalue weighted by Gasteiger charge is 2.07. The van der Waals surface area contributed by atoms with Gasteiger partial charge in [0.15, 0.2) is 0 Å². The zero-order chi connectivity index (χ0) is 13.8. The van der Waals surface area contributed by atoms with E-state index in [0.29, 0.717) is 22.3 Å². The predicted molar refractivity (Wildman–Crippen MR) is 80.5 cm³/mol. The zero-order valence-corrected chi connectivity index (χ0v) is 12.1. The van der Waals surface area contributed by atoms with Crippen molar-refractivity contribution in [3.05, 3.63) is 57.6 Å². The maximum absolute atomic E-state index is 6.10. The van der Waals surface area contributed by atoms with Crippen molar-refractivity contribution in [1.82, 2.24) is 0 Å². The monoisotopic (exact) mass is 295 g/mol. The summed E-state index contributed by atoms with van der Waals surface area (Å²) < 4.78 is 5.85. The molecule has 2 N–H and O–H groups in total. The van der Waals surface area contributed by atoms with Gasteiger partial charge in [0.1, 0.15) is 11.5 Å². The topological polar surface area (TPSA) is 35.2 Å². The normalized spacial score (nSPS) is 10.5. The summed E-state index contributed by atoms with van der Waals surface area (Å²) in [5, 5.41) is 1.09. The first-order valence-corrected chi connectivity index (χ1v) is 6.78. The van der Waals surface area contributed by atoms with Crippen LogP contribution in [-0.4, -0.2) is 6.54 Å². The van der Waals surface area contributed by atoms with E-state index in [4.69, 9.17) is 33.7 Å². The summed E-state index contributed by atoms with van der Waals surface area (Å²) >= 11 is 12.0. The molecule has 0 aromatic heterocycles. The molecule has 0 spiro atoms. The van der Waals surface area contributed by atoms with E-state index >= 15 is 0 Å². The van der Waals surface area contributed by atoms with Gasteiger partial charge in [-0.2, -0.15) is 0 Å². The van der Waals surface area contributed by atoms with E-state index in [0.717, 1.165) is 23.3 Å². The summed E-state index contributed by atoms with van der Waals surface area (Å²) in [6, 6.07) is 11.2. The summed E-state index contributed by atoms with van der Waals surface area (Å²) in [6.07, 6.45) is 0.824. The largest absolute Gasteiger partial charge is 0.456 e. The van der Waals surface area contributed by atoms with Crippen molar-refractivity contribution in [2.45, 2.75) is 13.3 Å². The van der Waals surface area contributed by atoms with Crippen LogP contribution in [0.1, 0.15) is 11.1 Å². The van der Waals surface area contributed by atoms with E-state index in [-0.39, 0.29) is 0 Å². The molecule has 0 unspecified atom stereocenters. The lowest BCUT2D eigenvalue weighted by molar-refractivity contribution is 0.478. The summed E-state index contributed by atoms with van der Waals surface area (Å²) in [6.45, 7) is 2.61. The highest BCUT2D eigenvalue weighted by atomic mass is 35.5. The van der Waals surface area contributed by atoms with Crippen LogP contribution in [0.3, 0.4) is 0 Å². The predicted octanol–water partition coefficient (Wildman–Crippen LogP) is 4.60. The molecular formula is C15H15Cl2NO. The highest BCUT2D eigenvalue weighted by molar-refractivity contribution is 6.35. The Morgan fingerprint density at radius 1 is 1.05 bits per heavy atom. The fraction of sp³-hybridized carbons (Fsp3) is 0.200. The second-order valence-electron chi connectivity index (χ2n) is 4.32. The molecule has 0 heterocycles. The molecule has 0 aliphatic carbocycles. The first-order chi connectivity index (χ1) is 9.10. The average molecular weight is 296 g/mol. The molecule has 0 atom stereocenters. The second-order valence-corrected chi connectivity index (χ2v) is 5.16. The van der Waals surface area contributed by atoms with Crippen molar-refractivity contribution < 1.29 is 4.74 Å². The molecule has 0 amide bonds. The Hall–Kier alpha value is -1.22. The van der Waals surface area contributed by atoms with Gasteiger partial charge >= 0.3 is 0 Å². The van der Waals surface area contributed by atoms with Gasteiger partial charge < -0.3 is 10.5 Å². The van der Waals surface area contributed by atoms with Crippen LogP contribution in [-0.2, 0) is 6.42 Å². The molecule has 0 saturated heterocycles. The van der Waals surface area contributed by atoms with Crippen molar-refractivity contribution in [2.75, 3.05) is 6.54 Å². The third kappa shape index (κ3) is 3.63. The highest BCUT2D eigenvalue weighted by Crippen LogP contribution is 2.33. The van der Waals surface area contributed by atoms with Gasteiger partial charge in [-0.1, -0.05) is 35.3 Å². The SMILES string of the molecule is Cc1ccc(CCN)cc1Oc1ccc(Cl)cc1Cl. The number of aryl methyl sites for hydroxylation is 1. The minimum Gasteiger partial charge on any atom is -0.456 e. The number of halogens is 2. The van der Waals surface area contributed by atoms with Crippen LogP contribution in [0.4, 0.5) is 0 Å². The Bertz CT molecular complexity index is 584. The van der Waals surface area contributed by atoms with Crippen LogP contribution in [0.5, 0.6) is 11.5 Å². The van der Waals surface area contributed by atoms with Gasteiger partial charge in [0.2, 0.25) is 0 Å². The molecule has 0 bridgehead atoms. The third-order valence-corrected chi connectivity index (χ3v) is 3.33. The van der Waals surface area contributed by atoms with Gasteiger partial charge in [-0.05, 0) is 55.3 Å². The van der Waals surface area contributed by atoms with E-state index in [1.54, 1.807) is 18.2 Å². The molecule has 2 nitrogen and oxygen atoms in total. The molecule has 0 saturated carbocycles. The van der Waals surface area contributed by atoms with Gasteiger partial charge in [0, 0.05) is 5.02 Å². The van der Waals surface area contributed by atoms with E-state index in [1.807, 2.05) is 19.1 Å². The summed E-state index contributed by atoms with van der Waals surface area (Å²) in [7, 11) is 0. The van der Waals surface area contributed by atoms with Crippen LogP contribution in [0.2, 0.25) is 10.0 Å². The lowest BCUT2D eigenvalue weighted by Crippen LogP contribution is -2.03. The molecule has 0 radical (unpaired) electrons.